The van der Waals surface area contributed by atoms with Crippen LogP contribution in [0.3, 0.4) is 0 Å². The van der Waals surface area contributed by atoms with Crippen LogP contribution in [-0.2, 0) is 4.74 Å². The molecule has 0 aromatic rings. The molecule has 0 amide bonds. The summed E-state index contributed by atoms with van der Waals surface area (Å²) in [6.07, 6.45) is 11.0. The van der Waals surface area contributed by atoms with Crippen molar-refractivity contribution in [2.75, 3.05) is 6.61 Å². The Morgan fingerprint density at radius 1 is 1.30 bits per heavy atom. The van der Waals surface area contributed by atoms with Crippen molar-refractivity contribution in [3.05, 3.63) is 0 Å². The molecular formula is C9H16O. The molecule has 1 saturated heterocycles. The largest absolute Gasteiger partial charge is 0.378 e. The molecule has 1 heteroatoms. The molecule has 10 heavy (non-hydrogen) atoms. The van der Waals surface area contributed by atoms with E-state index in [-0.39, 0.29) is 0 Å². The van der Waals surface area contributed by atoms with Gasteiger partial charge in [0, 0.05) is 6.61 Å². The Bertz CT molecular complexity index is 88.1. The normalized spacial score (nSPS) is 32.0. The van der Waals surface area contributed by atoms with Gasteiger partial charge in [-0.15, -0.1) is 12.8 Å². The van der Waals surface area contributed by atoms with Crippen LogP contribution < -0.4 is 0 Å². The van der Waals surface area contributed by atoms with Gasteiger partial charge in [0.15, 0.2) is 0 Å². The quantitative estimate of drug-likeness (QED) is 0.468. The smallest absolute Gasteiger partial charge is 0.0549 e. The van der Waals surface area contributed by atoms with Crippen LogP contribution in [0.1, 0.15) is 26.7 Å². The Balaban J connectivity index is 0.000000371. The van der Waals surface area contributed by atoms with Crippen LogP contribution in [0, 0.1) is 18.8 Å². The van der Waals surface area contributed by atoms with Gasteiger partial charge in [0.25, 0.3) is 0 Å². The van der Waals surface area contributed by atoms with Crippen LogP contribution in [0.4, 0.5) is 0 Å². The molecule has 2 atom stereocenters. The summed E-state index contributed by atoms with van der Waals surface area (Å²) in [7, 11) is 0. The Kier molecular flexibility index (Phi) is 5.06. The van der Waals surface area contributed by atoms with Gasteiger partial charge in [0.2, 0.25) is 0 Å². The standard InChI is InChI=1S/C7H14O.C2H2/c1-6-3-4-8-7(2)5-6;1-2/h6-7H,3-5H2,1-2H3;1-2H. The number of ether oxygens (including phenoxy) is 1. The second kappa shape index (κ2) is 5.32. The van der Waals surface area contributed by atoms with Crippen LogP contribution in [0.25, 0.3) is 0 Å². The van der Waals surface area contributed by atoms with E-state index in [9.17, 15) is 0 Å². The molecule has 0 N–H and O–H groups in total. The number of rotatable bonds is 0. The molecule has 0 radical (unpaired) electrons. The molecule has 1 aliphatic heterocycles. The monoisotopic (exact) mass is 140 g/mol. The highest BCUT2D eigenvalue weighted by Crippen LogP contribution is 2.18. The summed E-state index contributed by atoms with van der Waals surface area (Å²) in [6.45, 7) is 5.41. The van der Waals surface area contributed by atoms with E-state index in [4.69, 9.17) is 4.74 Å². The summed E-state index contributed by atoms with van der Waals surface area (Å²) < 4.78 is 5.35. The van der Waals surface area contributed by atoms with E-state index >= 15 is 0 Å². The van der Waals surface area contributed by atoms with Gasteiger partial charge >= 0.3 is 0 Å². The lowest BCUT2D eigenvalue weighted by Crippen LogP contribution is -2.20. The van der Waals surface area contributed by atoms with Crippen molar-refractivity contribution in [3.63, 3.8) is 0 Å². The summed E-state index contributed by atoms with van der Waals surface area (Å²) in [5.41, 5.74) is 0. The predicted octanol–water partition coefficient (Wildman–Crippen LogP) is 2.07. The molecule has 1 fully saturated rings. The zero-order chi connectivity index (χ0) is 7.98. The predicted molar refractivity (Wildman–Crippen MR) is 43.7 cm³/mol. The van der Waals surface area contributed by atoms with Gasteiger partial charge in [-0.25, -0.2) is 0 Å². The van der Waals surface area contributed by atoms with E-state index in [1.807, 2.05) is 0 Å². The first-order valence-corrected chi connectivity index (χ1v) is 3.74. The van der Waals surface area contributed by atoms with Crippen LogP contribution in [0.2, 0.25) is 0 Å². The van der Waals surface area contributed by atoms with Gasteiger partial charge in [-0.1, -0.05) is 6.92 Å². The van der Waals surface area contributed by atoms with Gasteiger partial charge in [-0.2, -0.15) is 0 Å². The molecule has 58 valence electrons. The Morgan fingerprint density at radius 2 is 1.90 bits per heavy atom. The summed E-state index contributed by atoms with van der Waals surface area (Å²) in [6, 6.07) is 0. The molecule has 0 aliphatic carbocycles. The molecule has 0 aromatic carbocycles. The fourth-order valence-corrected chi connectivity index (χ4v) is 1.22. The average Bonchev–Trinajstić information content (AvgIpc) is 1.91. The SMILES string of the molecule is C#C.CC1CCOC(C)C1. The van der Waals surface area contributed by atoms with Crippen LogP contribution in [0.15, 0.2) is 0 Å². The van der Waals surface area contributed by atoms with Gasteiger partial charge < -0.3 is 4.74 Å². The van der Waals surface area contributed by atoms with E-state index in [2.05, 4.69) is 26.7 Å². The van der Waals surface area contributed by atoms with Crippen LogP contribution in [-0.4, -0.2) is 12.7 Å². The third-order valence-electron chi connectivity index (χ3n) is 1.75. The summed E-state index contributed by atoms with van der Waals surface area (Å²) in [4.78, 5) is 0. The first-order chi connectivity index (χ1) is 4.79. The Labute approximate surface area is 63.8 Å². The molecular weight excluding hydrogens is 124 g/mol. The maximum absolute atomic E-state index is 5.35. The van der Waals surface area contributed by atoms with Crippen molar-refractivity contribution in [2.45, 2.75) is 32.8 Å². The van der Waals surface area contributed by atoms with Crippen molar-refractivity contribution in [3.8, 4) is 12.8 Å². The molecule has 1 aliphatic rings. The van der Waals surface area contributed by atoms with Gasteiger partial charge in [-0.05, 0) is 25.7 Å². The van der Waals surface area contributed by atoms with E-state index in [0.717, 1.165) is 12.5 Å². The van der Waals surface area contributed by atoms with Crippen molar-refractivity contribution < 1.29 is 4.74 Å². The number of hydrogen-bond donors (Lipinski definition) is 0. The Morgan fingerprint density at radius 3 is 2.20 bits per heavy atom. The summed E-state index contributed by atoms with van der Waals surface area (Å²) in [5.74, 6) is 0.888. The lowest BCUT2D eigenvalue weighted by atomic mass is 9.99. The average molecular weight is 140 g/mol. The zero-order valence-electron chi connectivity index (χ0n) is 6.84. The fourth-order valence-electron chi connectivity index (χ4n) is 1.22. The van der Waals surface area contributed by atoms with Crippen molar-refractivity contribution >= 4 is 0 Å². The minimum Gasteiger partial charge on any atom is -0.378 e. The molecule has 1 heterocycles. The molecule has 1 nitrogen and oxygen atoms in total. The van der Waals surface area contributed by atoms with E-state index in [1.165, 1.54) is 12.8 Å². The maximum Gasteiger partial charge on any atom is 0.0549 e. The molecule has 0 saturated carbocycles. The van der Waals surface area contributed by atoms with Crippen LogP contribution >= 0.6 is 0 Å². The lowest BCUT2D eigenvalue weighted by molar-refractivity contribution is 0.00682. The van der Waals surface area contributed by atoms with E-state index in [0.29, 0.717) is 6.10 Å². The third kappa shape index (κ3) is 3.53. The number of hydrogen-bond acceptors (Lipinski definition) is 1. The number of terminal acetylenes is 1. The minimum absolute atomic E-state index is 0.513. The fraction of sp³-hybridized carbons (Fsp3) is 0.778. The van der Waals surface area contributed by atoms with Crippen LogP contribution in [0.5, 0.6) is 0 Å². The zero-order valence-corrected chi connectivity index (χ0v) is 6.84. The van der Waals surface area contributed by atoms with Crippen molar-refractivity contribution in [1.82, 2.24) is 0 Å². The second-order valence-electron chi connectivity index (χ2n) is 2.81. The minimum atomic E-state index is 0.513. The maximum atomic E-state index is 5.35. The molecule has 0 bridgehead atoms. The van der Waals surface area contributed by atoms with Gasteiger partial charge in [0.05, 0.1) is 6.10 Å². The molecule has 1 rings (SSSR count). The topological polar surface area (TPSA) is 9.23 Å². The van der Waals surface area contributed by atoms with Crippen molar-refractivity contribution in [2.24, 2.45) is 5.92 Å². The van der Waals surface area contributed by atoms with Crippen molar-refractivity contribution in [1.29, 1.82) is 0 Å². The Hall–Kier alpha value is -0.480. The lowest BCUT2D eigenvalue weighted by Gasteiger charge is -2.23. The van der Waals surface area contributed by atoms with Gasteiger partial charge in [0.1, 0.15) is 0 Å². The highest BCUT2D eigenvalue weighted by molar-refractivity contribution is 4.63. The third-order valence-corrected chi connectivity index (χ3v) is 1.75. The highest BCUT2D eigenvalue weighted by atomic mass is 16.5. The molecule has 0 spiro atoms. The second-order valence-corrected chi connectivity index (χ2v) is 2.81. The highest BCUT2D eigenvalue weighted by Gasteiger charge is 2.13. The van der Waals surface area contributed by atoms with E-state index < -0.39 is 0 Å². The first kappa shape index (κ1) is 9.52. The van der Waals surface area contributed by atoms with E-state index in [1.54, 1.807) is 0 Å². The summed E-state index contributed by atoms with van der Waals surface area (Å²) in [5, 5.41) is 0. The molecule has 2 unspecified atom stereocenters. The summed E-state index contributed by atoms with van der Waals surface area (Å²) >= 11 is 0. The van der Waals surface area contributed by atoms with Gasteiger partial charge in [-0.3, -0.25) is 0 Å². The molecule has 0 aromatic heterocycles. The first-order valence-electron chi connectivity index (χ1n) is 3.74.